The fraction of sp³-hybridized carbons (Fsp3) is 0.667. The highest BCUT2D eigenvalue weighted by atomic mass is 16.4. The lowest BCUT2D eigenvalue weighted by atomic mass is 10.1. The number of likely N-dealkylation sites (N-methyl/N-ethyl adjacent to an activating group) is 1. The van der Waals surface area contributed by atoms with Crippen LogP contribution in [0, 0.1) is 0 Å². The van der Waals surface area contributed by atoms with Gasteiger partial charge in [0.15, 0.2) is 0 Å². The summed E-state index contributed by atoms with van der Waals surface area (Å²) in [6.07, 6.45) is -0.625. The Kier molecular flexibility index (Phi) is 7.80. The van der Waals surface area contributed by atoms with Crippen LogP contribution in [0.5, 0.6) is 0 Å². The number of carbonyl (C=O) groups excluding carboxylic acids is 2. The molecule has 0 bridgehead atoms. The molecule has 0 radical (unpaired) electrons. The number of carboxylic acid groups (broad SMARTS) is 2. The molecule has 2 unspecified atom stereocenters. The molecule has 21 heavy (non-hydrogen) atoms. The summed E-state index contributed by atoms with van der Waals surface area (Å²) < 4.78 is 0. The van der Waals surface area contributed by atoms with Gasteiger partial charge in [-0.2, -0.15) is 0 Å². The van der Waals surface area contributed by atoms with Crippen molar-refractivity contribution in [1.82, 2.24) is 15.5 Å². The van der Waals surface area contributed by atoms with E-state index >= 15 is 0 Å². The van der Waals surface area contributed by atoms with E-state index in [-0.39, 0.29) is 18.7 Å². The van der Waals surface area contributed by atoms with E-state index in [9.17, 15) is 19.2 Å². The first kappa shape index (κ1) is 18.7. The third-order valence-electron chi connectivity index (χ3n) is 2.82. The number of amides is 3. The lowest BCUT2D eigenvalue weighted by Gasteiger charge is -2.21. The van der Waals surface area contributed by atoms with Gasteiger partial charge in [-0.25, -0.2) is 9.59 Å². The molecule has 9 nitrogen and oxygen atoms in total. The summed E-state index contributed by atoms with van der Waals surface area (Å²) in [7, 11) is 1.57. The maximum absolute atomic E-state index is 11.7. The van der Waals surface area contributed by atoms with Crippen LogP contribution in [0.1, 0.15) is 26.7 Å². The molecule has 0 spiro atoms. The largest absolute Gasteiger partial charge is 0.481 e. The third kappa shape index (κ3) is 7.14. The average molecular weight is 303 g/mol. The van der Waals surface area contributed by atoms with Crippen LogP contribution in [0.25, 0.3) is 0 Å². The van der Waals surface area contributed by atoms with E-state index in [1.54, 1.807) is 14.0 Å². The van der Waals surface area contributed by atoms with Crippen molar-refractivity contribution < 1.29 is 29.4 Å². The van der Waals surface area contributed by atoms with Crippen LogP contribution < -0.4 is 10.6 Å². The number of hydrogen-bond donors (Lipinski definition) is 4. The Hall–Kier alpha value is -2.32. The van der Waals surface area contributed by atoms with E-state index in [4.69, 9.17) is 10.2 Å². The summed E-state index contributed by atoms with van der Waals surface area (Å²) in [6.45, 7) is 3.72. The Balaban J connectivity index is 4.46. The second-order valence-electron chi connectivity index (χ2n) is 4.52. The first-order valence-corrected chi connectivity index (χ1v) is 6.45. The SMILES string of the molecule is CCN(C)C(=O)C(C)NC(=O)NC(CCC(=O)O)C(=O)O. The molecule has 2 atom stereocenters. The molecular weight excluding hydrogens is 282 g/mol. The van der Waals surface area contributed by atoms with Gasteiger partial charge in [0.05, 0.1) is 0 Å². The molecule has 0 heterocycles. The number of carboxylic acids is 2. The fourth-order valence-electron chi connectivity index (χ4n) is 1.47. The van der Waals surface area contributed by atoms with Gasteiger partial charge >= 0.3 is 18.0 Å². The quantitative estimate of drug-likeness (QED) is 0.476. The summed E-state index contributed by atoms with van der Waals surface area (Å²) in [5, 5.41) is 21.9. The van der Waals surface area contributed by atoms with Crippen LogP contribution in [0.15, 0.2) is 0 Å². The lowest BCUT2D eigenvalue weighted by Crippen LogP contribution is -2.52. The maximum atomic E-state index is 11.7. The van der Waals surface area contributed by atoms with Crippen LogP contribution in [-0.2, 0) is 14.4 Å². The molecule has 0 aliphatic heterocycles. The monoisotopic (exact) mass is 303 g/mol. The molecule has 4 N–H and O–H groups in total. The van der Waals surface area contributed by atoms with Gasteiger partial charge in [-0.15, -0.1) is 0 Å². The fourth-order valence-corrected chi connectivity index (χ4v) is 1.47. The predicted molar refractivity (Wildman–Crippen MR) is 72.7 cm³/mol. The number of hydrogen-bond acceptors (Lipinski definition) is 4. The minimum atomic E-state index is -1.34. The van der Waals surface area contributed by atoms with Crippen molar-refractivity contribution in [2.45, 2.75) is 38.8 Å². The van der Waals surface area contributed by atoms with E-state index in [2.05, 4.69) is 10.6 Å². The number of rotatable bonds is 8. The molecule has 9 heteroatoms. The van der Waals surface area contributed by atoms with Crippen molar-refractivity contribution in [2.24, 2.45) is 0 Å². The number of nitrogens with one attached hydrogen (secondary N) is 2. The van der Waals surface area contributed by atoms with E-state index in [1.165, 1.54) is 11.8 Å². The number of urea groups is 1. The summed E-state index contributed by atoms with van der Waals surface area (Å²) >= 11 is 0. The van der Waals surface area contributed by atoms with Gasteiger partial charge in [-0.1, -0.05) is 0 Å². The van der Waals surface area contributed by atoms with Crippen molar-refractivity contribution in [3.63, 3.8) is 0 Å². The van der Waals surface area contributed by atoms with Gasteiger partial charge in [-0.3, -0.25) is 9.59 Å². The second kappa shape index (κ2) is 8.77. The highest BCUT2D eigenvalue weighted by Crippen LogP contribution is 1.99. The van der Waals surface area contributed by atoms with Gasteiger partial charge in [0.1, 0.15) is 12.1 Å². The second-order valence-corrected chi connectivity index (χ2v) is 4.52. The zero-order valence-electron chi connectivity index (χ0n) is 12.3. The average Bonchev–Trinajstić information content (AvgIpc) is 2.40. The molecular formula is C12H21N3O6. The highest BCUT2D eigenvalue weighted by Gasteiger charge is 2.23. The zero-order chi connectivity index (χ0) is 16.6. The van der Waals surface area contributed by atoms with Crippen molar-refractivity contribution >= 4 is 23.9 Å². The van der Waals surface area contributed by atoms with E-state index in [0.29, 0.717) is 6.54 Å². The molecule has 3 amide bonds. The standard InChI is InChI=1S/C12H21N3O6/c1-4-15(3)10(18)7(2)13-12(21)14-8(11(19)20)5-6-9(16)17/h7-8H,4-6H2,1-3H3,(H,16,17)(H,19,20)(H2,13,14,21). The van der Waals surface area contributed by atoms with Gasteiger partial charge in [0.2, 0.25) is 5.91 Å². The first-order chi connectivity index (χ1) is 9.68. The zero-order valence-corrected chi connectivity index (χ0v) is 12.3. The van der Waals surface area contributed by atoms with E-state index < -0.39 is 30.1 Å². The van der Waals surface area contributed by atoms with Gasteiger partial charge < -0.3 is 25.7 Å². The maximum Gasteiger partial charge on any atom is 0.326 e. The van der Waals surface area contributed by atoms with Crippen molar-refractivity contribution in [2.75, 3.05) is 13.6 Å². The smallest absolute Gasteiger partial charge is 0.326 e. The molecule has 0 fully saturated rings. The lowest BCUT2D eigenvalue weighted by molar-refractivity contribution is -0.140. The van der Waals surface area contributed by atoms with Crippen molar-refractivity contribution in [3.05, 3.63) is 0 Å². The Bertz CT molecular complexity index is 412. The van der Waals surface area contributed by atoms with Crippen LogP contribution >= 0.6 is 0 Å². The molecule has 0 aliphatic rings. The predicted octanol–water partition coefficient (Wildman–Crippen LogP) is -0.530. The van der Waals surface area contributed by atoms with Crippen LogP contribution in [-0.4, -0.2) is 64.7 Å². The Labute approximate surface area is 122 Å². The molecule has 0 saturated heterocycles. The summed E-state index contributed by atoms with van der Waals surface area (Å²) in [5.74, 6) is -2.81. The van der Waals surface area contributed by atoms with Crippen LogP contribution in [0.2, 0.25) is 0 Å². The van der Waals surface area contributed by atoms with Gasteiger partial charge in [0, 0.05) is 20.0 Å². The summed E-state index contributed by atoms with van der Waals surface area (Å²) in [6, 6.07) is -2.98. The Morgan fingerprint density at radius 1 is 1.14 bits per heavy atom. The van der Waals surface area contributed by atoms with Crippen LogP contribution in [0.4, 0.5) is 4.79 Å². The molecule has 0 aromatic heterocycles. The van der Waals surface area contributed by atoms with E-state index in [0.717, 1.165) is 0 Å². The molecule has 120 valence electrons. The number of aliphatic carboxylic acids is 2. The van der Waals surface area contributed by atoms with Gasteiger partial charge in [0.25, 0.3) is 0 Å². The topological polar surface area (TPSA) is 136 Å². The van der Waals surface area contributed by atoms with Crippen molar-refractivity contribution in [3.8, 4) is 0 Å². The highest BCUT2D eigenvalue weighted by molar-refractivity contribution is 5.88. The van der Waals surface area contributed by atoms with Crippen molar-refractivity contribution in [1.29, 1.82) is 0 Å². The molecule has 0 saturated carbocycles. The molecule has 0 aliphatic carbocycles. The first-order valence-electron chi connectivity index (χ1n) is 6.45. The third-order valence-corrected chi connectivity index (χ3v) is 2.82. The summed E-state index contributed by atoms with van der Waals surface area (Å²) in [5.41, 5.74) is 0. The molecule has 0 aromatic rings. The minimum Gasteiger partial charge on any atom is -0.481 e. The number of nitrogens with zero attached hydrogens (tertiary/aromatic N) is 1. The molecule has 0 aromatic carbocycles. The van der Waals surface area contributed by atoms with Gasteiger partial charge in [-0.05, 0) is 20.3 Å². The molecule has 0 rings (SSSR count). The Morgan fingerprint density at radius 2 is 1.71 bits per heavy atom. The van der Waals surface area contributed by atoms with E-state index in [1.807, 2.05) is 0 Å². The van der Waals surface area contributed by atoms with Crippen LogP contribution in [0.3, 0.4) is 0 Å². The summed E-state index contributed by atoms with van der Waals surface area (Å²) in [4.78, 5) is 46.1. The minimum absolute atomic E-state index is 0.241. The Morgan fingerprint density at radius 3 is 2.14 bits per heavy atom. The number of carbonyl (C=O) groups is 4. The normalized spacial score (nSPS) is 12.9.